The molecule has 0 aliphatic heterocycles. The molecule has 0 amide bonds. The minimum absolute atomic E-state index is 0.400. The summed E-state index contributed by atoms with van der Waals surface area (Å²) >= 11 is 0. The number of rotatable bonds is 5. The molecule has 64 valence electrons. The predicted octanol–water partition coefficient (Wildman–Crippen LogP) is 1.34. The highest BCUT2D eigenvalue weighted by Crippen LogP contribution is 2.05. The quantitative estimate of drug-likeness (QED) is 0.457. The third-order valence-electron chi connectivity index (χ3n) is 1.36. The van der Waals surface area contributed by atoms with Gasteiger partial charge in [-0.05, 0) is 18.4 Å². The van der Waals surface area contributed by atoms with Gasteiger partial charge < -0.3 is 0 Å². The molecule has 0 rings (SSSR count). The van der Waals surface area contributed by atoms with Crippen molar-refractivity contribution in [1.82, 2.24) is 0 Å². The van der Waals surface area contributed by atoms with E-state index in [1.807, 2.05) is 6.92 Å². The smallest absolute Gasteiger partial charge is 0.211 e. The van der Waals surface area contributed by atoms with Gasteiger partial charge in [0, 0.05) is 6.20 Å². The van der Waals surface area contributed by atoms with Gasteiger partial charge in [-0.3, -0.25) is 0 Å². The van der Waals surface area contributed by atoms with Crippen LogP contribution in [-0.4, -0.2) is 18.7 Å². The first-order chi connectivity index (χ1) is 5.85. The Kier molecular flexibility index (Phi) is 6.65. The van der Waals surface area contributed by atoms with E-state index >= 15 is 0 Å². The van der Waals surface area contributed by atoms with Crippen molar-refractivity contribution >= 4 is 12.2 Å². The van der Waals surface area contributed by atoms with E-state index in [0.29, 0.717) is 13.0 Å². The summed E-state index contributed by atoms with van der Waals surface area (Å²) < 4.78 is 0. The summed E-state index contributed by atoms with van der Waals surface area (Å²) in [6.07, 6.45) is 5.74. The van der Waals surface area contributed by atoms with Gasteiger partial charge >= 0.3 is 0 Å². The first-order valence-electron chi connectivity index (χ1n) is 3.63. The van der Waals surface area contributed by atoms with Crippen molar-refractivity contribution in [2.45, 2.75) is 19.8 Å². The predicted molar refractivity (Wildman–Crippen MR) is 44.1 cm³/mol. The van der Waals surface area contributed by atoms with E-state index in [9.17, 15) is 9.59 Å². The molecule has 0 atom stereocenters. The Morgan fingerprint density at radius 3 is 2.67 bits per heavy atom. The molecule has 0 aliphatic rings. The molecular formula is C8H10N2O2. The van der Waals surface area contributed by atoms with Gasteiger partial charge in [-0.15, -0.1) is 0 Å². The fraction of sp³-hybridized carbons (Fsp3) is 0.500. The van der Waals surface area contributed by atoms with Crippen LogP contribution in [0.15, 0.2) is 21.8 Å². The van der Waals surface area contributed by atoms with Gasteiger partial charge in [0.25, 0.3) is 0 Å². The van der Waals surface area contributed by atoms with Gasteiger partial charge in [-0.1, -0.05) is 6.92 Å². The molecule has 0 unspecified atom stereocenters. The van der Waals surface area contributed by atoms with Crippen molar-refractivity contribution in [3.05, 3.63) is 11.8 Å². The van der Waals surface area contributed by atoms with Crippen LogP contribution < -0.4 is 0 Å². The summed E-state index contributed by atoms with van der Waals surface area (Å²) in [5.74, 6) is 0. The molecule has 0 radical (unpaired) electrons. The van der Waals surface area contributed by atoms with E-state index in [0.717, 1.165) is 12.0 Å². The van der Waals surface area contributed by atoms with Crippen LogP contribution in [0.5, 0.6) is 0 Å². The molecule has 12 heavy (non-hydrogen) atoms. The normalized spacial score (nSPS) is 9.92. The Bertz CT molecular complexity index is 246. The third-order valence-corrected chi connectivity index (χ3v) is 1.36. The van der Waals surface area contributed by atoms with E-state index in [1.54, 1.807) is 0 Å². The first-order valence-corrected chi connectivity index (χ1v) is 3.63. The highest BCUT2D eigenvalue weighted by atomic mass is 16.1. The van der Waals surface area contributed by atoms with Gasteiger partial charge in [0.1, 0.15) is 0 Å². The van der Waals surface area contributed by atoms with Gasteiger partial charge in [0.05, 0.1) is 6.54 Å². The number of hydrogen-bond donors (Lipinski definition) is 0. The molecule has 4 nitrogen and oxygen atoms in total. The van der Waals surface area contributed by atoms with Gasteiger partial charge in [0.15, 0.2) is 0 Å². The summed E-state index contributed by atoms with van der Waals surface area (Å²) in [5, 5.41) is 0. The Morgan fingerprint density at radius 2 is 2.17 bits per heavy atom. The van der Waals surface area contributed by atoms with Crippen LogP contribution in [0.1, 0.15) is 19.8 Å². The lowest BCUT2D eigenvalue weighted by Gasteiger charge is -1.96. The van der Waals surface area contributed by atoms with Crippen molar-refractivity contribution in [2.24, 2.45) is 9.98 Å². The molecule has 0 fully saturated rings. The minimum atomic E-state index is 0.400. The lowest BCUT2D eigenvalue weighted by atomic mass is 10.1. The van der Waals surface area contributed by atoms with Crippen LogP contribution >= 0.6 is 0 Å². The molecule has 0 N–H and O–H groups in total. The second-order valence-electron chi connectivity index (χ2n) is 2.08. The standard InChI is InChI=1S/C8H10N2O2/c1-2-8(5-10-7-12)3-4-9-6-11/h5H,2-4H2,1H3/b8-5+. The number of aliphatic imine (C=N–C) groups is 2. The zero-order valence-electron chi connectivity index (χ0n) is 6.91. The van der Waals surface area contributed by atoms with Crippen LogP contribution in [0, 0.1) is 0 Å². The fourth-order valence-corrected chi connectivity index (χ4v) is 0.695. The van der Waals surface area contributed by atoms with Crippen LogP contribution in [0.4, 0.5) is 0 Å². The summed E-state index contributed by atoms with van der Waals surface area (Å²) in [6, 6.07) is 0. The number of carbonyl (C=O) groups excluding carboxylic acids is 2. The second kappa shape index (κ2) is 7.61. The number of isocyanates is 2. The maximum absolute atomic E-state index is 9.73. The van der Waals surface area contributed by atoms with Crippen LogP contribution in [0.25, 0.3) is 0 Å². The molecule has 0 aliphatic carbocycles. The topological polar surface area (TPSA) is 58.9 Å². The Labute approximate surface area is 70.7 Å². The highest BCUT2D eigenvalue weighted by Gasteiger charge is 1.91. The average molecular weight is 166 g/mol. The highest BCUT2D eigenvalue weighted by molar-refractivity contribution is 5.35. The van der Waals surface area contributed by atoms with Gasteiger partial charge in [-0.25, -0.2) is 14.6 Å². The lowest BCUT2D eigenvalue weighted by Crippen LogP contribution is -1.85. The van der Waals surface area contributed by atoms with Crippen LogP contribution in [0.2, 0.25) is 0 Å². The summed E-state index contributed by atoms with van der Waals surface area (Å²) in [5.41, 5.74) is 0.970. The van der Waals surface area contributed by atoms with Crippen LogP contribution in [-0.2, 0) is 9.59 Å². The Balaban J connectivity index is 3.98. The number of nitrogens with zero attached hydrogens (tertiary/aromatic N) is 2. The van der Waals surface area contributed by atoms with Gasteiger partial charge in [0.2, 0.25) is 12.2 Å². The molecule has 4 heteroatoms. The zero-order valence-corrected chi connectivity index (χ0v) is 6.91. The largest absolute Gasteiger partial charge is 0.239 e. The third kappa shape index (κ3) is 5.30. The van der Waals surface area contributed by atoms with E-state index < -0.39 is 0 Å². The zero-order chi connectivity index (χ0) is 9.23. The fourth-order valence-electron chi connectivity index (χ4n) is 0.695. The lowest BCUT2D eigenvalue weighted by molar-refractivity contribution is 0.562. The molecule has 0 bridgehead atoms. The van der Waals surface area contributed by atoms with Gasteiger partial charge in [-0.2, -0.15) is 4.99 Å². The van der Waals surface area contributed by atoms with Crippen molar-refractivity contribution in [1.29, 1.82) is 0 Å². The molecule has 0 heterocycles. The molecule has 0 saturated heterocycles. The van der Waals surface area contributed by atoms with Crippen molar-refractivity contribution < 1.29 is 9.59 Å². The van der Waals surface area contributed by atoms with E-state index in [-0.39, 0.29) is 0 Å². The molecule has 0 aromatic heterocycles. The SMILES string of the molecule is CC/C(=C\N=C=O)CCN=C=O. The maximum Gasteiger partial charge on any atom is 0.239 e. The molecule has 0 aromatic rings. The summed E-state index contributed by atoms with van der Waals surface area (Å²) in [7, 11) is 0. The summed E-state index contributed by atoms with van der Waals surface area (Å²) in [4.78, 5) is 26.1. The van der Waals surface area contributed by atoms with E-state index in [4.69, 9.17) is 0 Å². The Morgan fingerprint density at radius 1 is 1.42 bits per heavy atom. The van der Waals surface area contributed by atoms with Crippen molar-refractivity contribution in [2.75, 3.05) is 6.54 Å². The monoisotopic (exact) mass is 166 g/mol. The Hall–Kier alpha value is -1.50. The second-order valence-corrected chi connectivity index (χ2v) is 2.08. The van der Waals surface area contributed by atoms with Crippen molar-refractivity contribution in [3.8, 4) is 0 Å². The molecular weight excluding hydrogens is 156 g/mol. The molecule has 0 spiro atoms. The first kappa shape index (κ1) is 10.5. The average Bonchev–Trinajstić information content (AvgIpc) is 2.11. The van der Waals surface area contributed by atoms with Crippen LogP contribution in [0.3, 0.4) is 0 Å². The maximum atomic E-state index is 9.73. The molecule has 0 aromatic carbocycles. The van der Waals surface area contributed by atoms with E-state index in [1.165, 1.54) is 18.4 Å². The minimum Gasteiger partial charge on any atom is -0.211 e. The molecule has 0 saturated carbocycles. The number of hydrogen-bond acceptors (Lipinski definition) is 4. The van der Waals surface area contributed by atoms with Crippen molar-refractivity contribution in [3.63, 3.8) is 0 Å². The summed E-state index contributed by atoms with van der Waals surface area (Å²) in [6.45, 7) is 2.34. The van der Waals surface area contributed by atoms with E-state index in [2.05, 4.69) is 9.98 Å².